The Morgan fingerprint density at radius 2 is 1.91 bits per heavy atom. The van der Waals surface area contributed by atoms with E-state index in [0.717, 1.165) is 26.5 Å². The van der Waals surface area contributed by atoms with E-state index in [0.29, 0.717) is 11.4 Å². The number of fused-ring (bicyclic) bond motifs is 1. The van der Waals surface area contributed by atoms with E-state index in [9.17, 15) is 9.18 Å². The lowest BCUT2D eigenvalue weighted by molar-refractivity contribution is -0.119. The molecule has 3 aromatic heterocycles. The number of aromatic amines is 1. The number of anilines is 1. The Morgan fingerprint density at radius 3 is 2.69 bits per heavy atom. The van der Waals surface area contributed by atoms with Crippen molar-refractivity contribution in [2.45, 2.75) is 6.42 Å². The standard InChI is InChI=1S/C25H18FN5O2S2/c26-17-13-16(30-25(34)31-22(32)12-15-4-2-1-3-5-15)6-7-19(17)33-20-8-9-27-18-14-21(35-23(18)20)24-28-10-11-29-24/h1-11,13-14H,12H2,(H,28,29)(H2,30,31,32,34). The number of thiophene rings is 1. The zero-order chi connectivity index (χ0) is 24.2. The fourth-order valence-electron chi connectivity index (χ4n) is 3.41. The van der Waals surface area contributed by atoms with Gasteiger partial charge in [0.1, 0.15) is 11.6 Å². The van der Waals surface area contributed by atoms with Gasteiger partial charge in [0.05, 0.1) is 21.5 Å². The van der Waals surface area contributed by atoms with E-state index in [2.05, 4.69) is 25.6 Å². The number of thiocarbonyl (C=S) groups is 1. The minimum absolute atomic E-state index is 0.0510. The average Bonchev–Trinajstić information content (AvgIpc) is 3.51. The average molecular weight is 504 g/mol. The smallest absolute Gasteiger partial charge is 0.230 e. The Hall–Kier alpha value is -4.15. The topological polar surface area (TPSA) is 91.9 Å². The van der Waals surface area contributed by atoms with Crippen LogP contribution in [0.5, 0.6) is 11.5 Å². The van der Waals surface area contributed by atoms with E-state index in [4.69, 9.17) is 17.0 Å². The molecule has 0 aliphatic carbocycles. The van der Waals surface area contributed by atoms with Gasteiger partial charge in [0.25, 0.3) is 0 Å². The number of halogens is 1. The molecule has 35 heavy (non-hydrogen) atoms. The zero-order valence-corrected chi connectivity index (χ0v) is 19.8. The second-order valence-electron chi connectivity index (χ2n) is 7.48. The summed E-state index contributed by atoms with van der Waals surface area (Å²) in [6.45, 7) is 0. The maximum Gasteiger partial charge on any atom is 0.230 e. The number of ether oxygens (including phenoxy) is 1. The number of benzene rings is 2. The van der Waals surface area contributed by atoms with Gasteiger partial charge in [0, 0.05) is 36.4 Å². The molecule has 0 atom stereocenters. The number of nitrogens with one attached hydrogen (secondary N) is 3. The number of carbonyl (C=O) groups is 1. The molecular weight excluding hydrogens is 485 g/mol. The Bertz CT molecular complexity index is 1500. The van der Waals surface area contributed by atoms with Crippen molar-refractivity contribution in [2.75, 3.05) is 5.32 Å². The van der Waals surface area contributed by atoms with Gasteiger partial charge in [0.15, 0.2) is 16.7 Å². The van der Waals surface area contributed by atoms with E-state index in [1.807, 2.05) is 36.4 Å². The van der Waals surface area contributed by atoms with E-state index < -0.39 is 5.82 Å². The second kappa shape index (κ2) is 10.00. The van der Waals surface area contributed by atoms with Crippen molar-refractivity contribution in [3.05, 3.63) is 90.6 Å². The molecule has 0 unspecified atom stereocenters. The quantitative estimate of drug-likeness (QED) is 0.259. The van der Waals surface area contributed by atoms with Crippen LogP contribution in [0.15, 0.2) is 79.3 Å². The van der Waals surface area contributed by atoms with Gasteiger partial charge in [-0.15, -0.1) is 11.3 Å². The van der Waals surface area contributed by atoms with Crippen LogP contribution in [-0.2, 0) is 11.2 Å². The van der Waals surface area contributed by atoms with Crippen LogP contribution in [0.25, 0.3) is 20.9 Å². The highest BCUT2D eigenvalue weighted by molar-refractivity contribution is 7.80. The van der Waals surface area contributed by atoms with Crippen LogP contribution in [0.3, 0.4) is 0 Å². The number of imidazole rings is 1. The number of pyridine rings is 1. The molecule has 0 saturated carbocycles. The fraction of sp³-hybridized carbons (Fsp3) is 0.0400. The van der Waals surface area contributed by atoms with Crippen molar-refractivity contribution in [1.82, 2.24) is 20.3 Å². The Balaban J connectivity index is 1.26. The molecule has 174 valence electrons. The third kappa shape index (κ3) is 5.34. The van der Waals surface area contributed by atoms with Gasteiger partial charge in [-0.05, 0) is 36.0 Å². The molecule has 0 radical (unpaired) electrons. The summed E-state index contributed by atoms with van der Waals surface area (Å²) < 4.78 is 21.5. The van der Waals surface area contributed by atoms with Crippen molar-refractivity contribution in [3.8, 4) is 22.2 Å². The van der Waals surface area contributed by atoms with E-state index in [1.165, 1.54) is 23.5 Å². The zero-order valence-electron chi connectivity index (χ0n) is 18.1. The van der Waals surface area contributed by atoms with Gasteiger partial charge in [-0.1, -0.05) is 30.3 Å². The molecular formula is C25H18FN5O2S2. The van der Waals surface area contributed by atoms with Gasteiger partial charge >= 0.3 is 0 Å². The predicted octanol–water partition coefficient (Wildman–Crippen LogP) is 5.67. The molecule has 5 aromatic rings. The predicted molar refractivity (Wildman–Crippen MR) is 138 cm³/mol. The molecule has 10 heteroatoms. The van der Waals surface area contributed by atoms with Crippen molar-refractivity contribution in [1.29, 1.82) is 0 Å². The first-order valence-electron chi connectivity index (χ1n) is 10.6. The lowest BCUT2D eigenvalue weighted by Gasteiger charge is -2.12. The highest BCUT2D eigenvalue weighted by Gasteiger charge is 2.14. The number of hydrogen-bond acceptors (Lipinski definition) is 6. The van der Waals surface area contributed by atoms with Crippen LogP contribution in [0, 0.1) is 5.82 Å². The first-order valence-corrected chi connectivity index (χ1v) is 11.8. The number of H-pyrrole nitrogens is 1. The van der Waals surface area contributed by atoms with Crippen molar-refractivity contribution < 1.29 is 13.9 Å². The van der Waals surface area contributed by atoms with Gasteiger partial charge in [-0.3, -0.25) is 9.78 Å². The Morgan fingerprint density at radius 1 is 1.06 bits per heavy atom. The highest BCUT2D eigenvalue weighted by atomic mass is 32.1. The third-order valence-electron chi connectivity index (χ3n) is 4.98. The van der Waals surface area contributed by atoms with Crippen LogP contribution in [0.4, 0.5) is 10.1 Å². The molecule has 1 amide bonds. The van der Waals surface area contributed by atoms with Crippen molar-refractivity contribution >= 4 is 50.5 Å². The summed E-state index contributed by atoms with van der Waals surface area (Å²) in [5.74, 6) is 0.422. The summed E-state index contributed by atoms with van der Waals surface area (Å²) in [5, 5.41) is 5.51. The summed E-state index contributed by atoms with van der Waals surface area (Å²) in [6, 6.07) is 17.3. The van der Waals surface area contributed by atoms with Crippen LogP contribution >= 0.6 is 23.6 Å². The third-order valence-corrected chi connectivity index (χ3v) is 6.33. The molecule has 0 fully saturated rings. The van der Waals surface area contributed by atoms with E-state index >= 15 is 0 Å². The van der Waals surface area contributed by atoms with Crippen LogP contribution in [0.2, 0.25) is 0 Å². The van der Waals surface area contributed by atoms with Gasteiger partial charge < -0.3 is 20.4 Å². The summed E-state index contributed by atoms with van der Waals surface area (Å²) in [5.41, 5.74) is 1.98. The number of aromatic nitrogens is 3. The molecule has 0 spiro atoms. The molecule has 0 bridgehead atoms. The van der Waals surface area contributed by atoms with Gasteiger partial charge in [0.2, 0.25) is 5.91 Å². The van der Waals surface area contributed by atoms with Crippen LogP contribution in [-0.4, -0.2) is 26.0 Å². The normalized spacial score (nSPS) is 10.8. The molecule has 7 nitrogen and oxygen atoms in total. The second-order valence-corrected chi connectivity index (χ2v) is 8.94. The first kappa shape index (κ1) is 22.6. The Labute approximate surface area is 209 Å². The maximum absolute atomic E-state index is 14.8. The molecule has 0 aliphatic heterocycles. The summed E-state index contributed by atoms with van der Waals surface area (Å²) >= 11 is 6.64. The molecule has 2 aromatic carbocycles. The Kier molecular flexibility index (Phi) is 6.47. The number of rotatable bonds is 6. The lowest BCUT2D eigenvalue weighted by atomic mass is 10.1. The molecule has 5 rings (SSSR count). The number of hydrogen-bond donors (Lipinski definition) is 3. The fourth-order valence-corrected chi connectivity index (χ4v) is 4.66. The molecule has 3 N–H and O–H groups in total. The molecule has 0 aliphatic rings. The van der Waals surface area contributed by atoms with Gasteiger partial charge in [-0.25, -0.2) is 9.37 Å². The number of nitrogens with zero attached hydrogens (tertiary/aromatic N) is 2. The monoisotopic (exact) mass is 503 g/mol. The number of amides is 1. The number of carbonyl (C=O) groups excluding carboxylic acids is 1. The van der Waals surface area contributed by atoms with Crippen molar-refractivity contribution in [2.24, 2.45) is 0 Å². The van der Waals surface area contributed by atoms with Crippen molar-refractivity contribution in [3.63, 3.8) is 0 Å². The largest absolute Gasteiger partial charge is 0.453 e. The van der Waals surface area contributed by atoms with E-state index in [1.54, 1.807) is 30.7 Å². The van der Waals surface area contributed by atoms with Gasteiger partial charge in [-0.2, -0.15) is 0 Å². The lowest BCUT2D eigenvalue weighted by Crippen LogP contribution is -2.35. The maximum atomic E-state index is 14.8. The molecule has 0 saturated heterocycles. The van der Waals surface area contributed by atoms with E-state index in [-0.39, 0.29) is 23.2 Å². The van der Waals surface area contributed by atoms with Crippen LogP contribution in [0.1, 0.15) is 5.56 Å². The first-order chi connectivity index (χ1) is 17.0. The minimum atomic E-state index is -0.582. The summed E-state index contributed by atoms with van der Waals surface area (Å²) in [7, 11) is 0. The highest BCUT2D eigenvalue weighted by Crippen LogP contribution is 2.38. The summed E-state index contributed by atoms with van der Waals surface area (Å²) in [6.07, 6.45) is 5.22. The summed E-state index contributed by atoms with van der Waals surface area (Å²) in [4.78, 5) is 24.8. The SMILES string of the molecule is O=C(Cc1ccccc1)NC(=S)Nc1ccc(Oc2ccnc3cc(-c4ncc[nH]4)sc23)c(F)c1. The van der Waals surface area contributed by atoms with Crippen LogP contribution < -0.4 is 15.4 Å². The molecule has 3 heterocycles. The minimum Gasteiger partial charge on any atom is -0.453 e.